The maximum atomic E-state index is 15.2. The van der Waals surface area contributed by atoms with Gasteiger partial charge in [-0.05, 0) is 47.9 Å². The molecule has 0 fully saturated rings. The summed E-state index contributed by atoms with van der Waals surface area (Å²) in [7, 11) is 1.76. The number of benzene rings is 1. The fraction of sp³-hybridized carbons (Fsp3) is 0.179. The number of allylic oxidation sites excluding steroid dienone is 1. The lowest BCUT2D eigenvalue weighted by Gasteiger charge is -2.15. The van der Waals surface area contributed by atoms with E-state index in [1.807, 2.05) is 32.0 Å². The summed E-state index contributed by atoms with van der Waals surface area (Å²) in [6.45, 7) is 8.13. The van der Waals surface area contributed by atoms with E-state index in [4.69, 9.17) is 0 Å². The molecule has 0 amide bonds. The monoisotopic (exact) mass is 516 g/mol. The Morgan fingerprint density at radius 3 is 2.68 bits per heavy atom. The van der Waals surface area contributed by atoms with Gasteiger partial charge in [0.2, 0.25) is 0 Å². The molecule has 0 radical (unpaired) electrons. The van der Waals surface area contributed by atoms with Gasteiger partial charge >= 0.3 is 0 Å². The van der Waals surface area contributed by atoms with Gasteiger partial charge in [-0.3, -0.25) is 4.98 Å². The molecular formula is C28H26F2N6S. The van der Waals surface area contributed by atoms with Crippen LogP contribution in [0.25, 0.3) is 32.7 Å². The van der Waals surface area contributed by atoms with Crippen molar-refractivity contribution in [2.45, 2.75) is 20.3 Å². The predicted molar refractivity (Wildman–Crippen MR) is 147 cm³/mol. The van der Waals surface area contributed by atoms with Crippen molar-refractivity contribution in [3.8, 4) is 21.6 Å². The minimum Gasteiger partial charge on any atom is -0.388 e. The third-order valence-corrected chi connectivity index (χ3v) is 7.06. The van der Waals surface area contributed by atoms with Gasteiger partial charge in [0, 0.05) is 58.8 Å². The Morgan fingerprint density at radius 2 is 1.95 bits per heavy atom. The van der Waals surface area contributed by atoms with Crippen molar-refractivity contribution in [3.63, 3.8) is 0 Å². The van der Waals surface area contributed by atoms with Crippen molar-refractivity contribution in [2.24, 2.45) is 5.92 Å². The van der Waals surface area contributed by atoms with Crippen LogP contribution in [0.4, 0.5) is 20.2 Å². The number of rotatable bonds is 8. The minimum absolute atomic E-state index is 0.250. The first-order valence-electron chi connectivity index (χ1n) is 11.8. The van der Waals surface area contributed by atoms with Crippen molar-refractivity contribution in [1.29, 1.82) is 0 Å². The minimum atomic E-state index is -0.358. The highest BCUT2D eigenvalue weighted by atomic mass is 32.1. The van der Waals surface area contributed by atoms with Crippen LogP contribution in [0.5, 0.6) is 0 Å². The number of thiophene rings is 1. The number of hydrogen-bond donors (Lipinski definition) is 3. The van der Waals surface area contributed by atoms with E-state index in [1.54, 1.807) is 31.7 Å². The second-order valence-electron chi connectivity index (χ2n) is 9.03. The second kappa shape index (κ2) is 10.1. The van der Waals surface area contributed by atoms with Crippen molar-refractivity contribution < 1.29 is 8.78 Å². The number of hydrogen-bond acceptors (Lipinski definition) is 6. The molecule has 0 aliphatic carbocycles. The van der Waals surface area contributed by atoms with Crippen LogP contribution in [0.2, 0.25) is 0 Å². The van der Waals surface area contributed by atoms with Crippen molar-refractivity contribution >= 4 is 33.9 Å². The fourth-order valence-corrected chi connectivity index (χ4v) is 4.85. The number of fused-ring (bicyclic) bond motifs is 1. The van der Waals surface area contributed by atoms with E-state index in [2.05, 4.69) is 37.1 Å². The van der Waals surface area contributed by atoms with Gasteiger partial charge in [-0.2, -0.15) is 4.39 Å². The van der Waals surface area contributed by atoms with E-state index >= 15 is 4.39 Å². The zero-order chi connectivity index (χ0) is 26.1. The third kappa shape index (κ3) is 5.08. The predicted octanol–water partition coefficient (Wildman–Crippen LogP) is 7.24. The molecular weight excluding hydrogens is 490 g/mol. The van der Waals surface area contributed by atoms with Gasteiger partial charge in [0.1, 0.15) is 11.6 Å². The van der Waals surface area contributed by atoms with Crippen LogP contribution in [0.3, 0.4) is 0 Å². The molecule has 0 spiro atoms. The Bertz CT molecular complexity index is 1600. The summed E-state index contributed by atoms with van der Waals surface area (Å²) in [6, 6.07) is 10.2. The van der Waals surface area contributed by atoms with Crippen LogP contribution in [0.15, 0.2) is 67.3 Å². The maximum Gasteiger partial charge on any atom is 0.178 e. The quantitative estimate of drug-likeness (QED) is 0.203. The largest absolute Gasteiger partial charge is 0.388 e. The van der Waals surface area contributed by atoms with Crippen molar-refractivity contribution in [3.05, 3.63) is 89.6 Å². The first-order chi connectivity index (χ1) is 17.8. The molecule has 3 N–H and O–H groups in total. The summed E-state index contributed by atoms with van der Waals surface area (Å²) in [5.74, 6) is 0.561. The number of aromatic nitrogens is 4. The van der Waals surface area contributed by atoms with Gasteiger partial charge < -0.3 is 15.6 Å². The number of nitrogens with one attached hydrogen (secondary N) is 3. The molecule has 4 aromatic heterocycles. The number of anilines is 2. The lowest BCUT2D eigenvalue weighted by atomic mass is 10.00. The Labute approximate surface area is 217 Å². The SMILES string of the molecule is C=C(Nc1cncc(-c2cc(Cc3nc4nccc(-c5ccc(F)s5)c4[nH]3)c(NC)cc2F)c1)C(C)C. The Morgan fingerprint density at radius 1 is 1.11 bits per heavy atom. The molecule has 0 aliphatic rings. The lowest BCUT2D eigenvalue weighted by molar-refractivity contribution is 0.631. The first-order valence-corrected chi connectivity index (χ1v) is 12.6. The highest BCUT2D eigenvalue weighted by Crippen LogP contribution is 2.33. The first kappa shape index (κ1) is 24.6. The number of imidazole rings is 1. The summed E-state index contributed by atoms with van der Waals surface area (Å²) >= 11 is 1.07. The summed E-state index contributed by atoms with van der Waals surface area (Å²) in [5, 5.41) is 6.08. The molecule has 37 heavy (non-hydrogen) atoms. The smallest absolute Gasteiger partial charge is 0.178 e. The van der Waals surface area contributed by atoms with Crippen LogP contribution in [-0.2, 0) is 6.42 Å². The average Bonchev–Trinajstić information content (AvgIpc) is 3.50. The third-order valence-electron chi connectivity index (χ3n) is 6.15. The lowest BCUT2D eigenvalue weighted by Crippen LogP contribution is -2.05. The summed E-state index contributed by atoms with van der Waals surface area (Å²) in [6.07, 6.45) is 5.41. The van der Waals surface area contributed by atoms with E-state index in [9.17, 15) is 4.39 Å². The van der Waals surface area contributed by atoms with E-state index < -0.39 is 0 Å². The van der Waals surface area contributed by atoms with Gasteiger partial charge in [-0.1, -0.05) is 20.4 Å². The zero-order valence-corrected chi connectivity index (χ0v) is 21.5. The van der Waals surface area contributed by atoms with E-state index in [-0.39, 0.29) is 16.9 Å². The summed E-state index contributed by atoms with van der Waals surface area (Å²) in [4.78, 5) is 17.5. The van der Waals surface area contributed by atoms with Gasteiger partial charge in [0.05, 0.1) is 17.4 Å². The number of H-pyrrole nitrogens is 1. The number of aromatic amines is 1. The summed E-state index contributed by atoms with van der Waals surface area (Å²) in [5.41, 5.74) is 6.32. The Hall–Kier alpha value is -4.11. The molecule has 0 unspecified atom stereocenters. The average molecular weight is 517 g/mol. The topological polar surface area (TPSA) is 78.5 Å². The van der Waals surface area contributed by atoms with Crippen LogP contribution in [-0.4, -0.2) is 27.0 Å². The summed E-state index contributed by atoms with van der Waals surface area (Å²) < 4.78 is 28.9. The molecule has 188 valence electrons. The molecule has 6 nitrogen and oxygen atoms in total. The normalized spacial score (nSPS) is 11.3. The fourth-order valence-electron chi connectivity index (χ4n) is 4.09. The van der Waals surface area contributed by atoms with E-state index in [0.717, 1.165) is 44.2 Å². The number of halogens is 2. The van der Waals surface area contributed by atoms with Crippen LogP contribution in [0.1, 0.15) is 25.2 Å². The van der Waals surface area contributed by atoms with Crippen molar-refractivity contribution in [2.75, 3.05) is 17.7 Å². The Kier molecular flexibility index (Phi) is 6.71. The molecule has 0 saturated heterocycles. The van der Waals surface area contributed by atoms with Crippen molar-refractivity contribution in [1.82, 2.24) is 19.9 Å². The highest BCUT2D eigenvalue weighted by Gasteiger charge is 2.16. The zero-order valence-electron chi connectivity index (χ0n) is 20.7. The molecule has 0 atom stereocenters. The van der Waals surface area contributed by atoms with Gasteiger partial charge in [-0.25, -0.2) is 14.4 Å². The number of pyridine rings is 2. The maximum absolute atomic E-state index is 15.2. The molecule has 0 aliphatic heterocycles. The molecule has 1 aromatic carbocycles. The number of nitrogens with zero attached hydrogens (tertiary/aromatic N) is 3. The van der Waals surface area contributed by atoms with Gasteiger partial charge in [0.25, 0.3) is 0 Å². The van der Waals surface area contributed by atoms with Crippen LogP contribution in [0, 0.1) is 16.9 Å². The van der Waals surface area contributed by atoms with Crippen LogP contribution >= 0.6 is 11.3 Å². The second-order valence-corrected chi connectivity index (χ2v) is 10.1. The van der Waals surface area contributed by atoms with Gasteiger partial charge in [0.15, 0.2) is 10.8 Å². The van der Waals surface area contributed by atoms with E-state index in [1.165, 1.54) is 12.1 Å². The molecule has 5 aromatic rings. The standard InChI is InChI=1S/C28H26F2N6S/c1-15(2)16(3)34-19-9-18(13-32-14-19)21-10-17(23(31-4)12-22(21)29)11-26-35-27-20(7-8-33-28(27)36-26)24-5-6-25(30)37-24/h5-10,12-15,31,34H,3,11H2,1-2,4H3,(H,33,35,36). The van der Waals surface area contributed by atoms with Crippen LogP contribution < -0.4 is 10.6 Å². The molecule has 9 heteroatoms. The molecule has 0 saturated carbocycles. The van der Waals surface area contributed by atoms with Gasteiger partial charge in [-0.15, -0.1) is 11.3 Å². The molecule has 5 rings (SSSR count). The highest BCUT2D eigenvalue weighted by molar-refractivity contribution is 7.14. The van der Waals surface area contributed by atoms with E-state index in [0.29, 0.717) is 34.7 Å². The Balaban J connectivity index is 1.51. The molecule has 0 bridgehead atoms. The molecule has 4 heterocycles.